The predicted octanol–water partition coefficient (Wildman–Crippen LogP) is 0.815. The smallest absolute Gasteiger partial charge is 0.332 e. The van der Waals surface area contributed by atoms with E-state index in [9.17, 15) is 14.9 Å². The Morgan fingerprint density at radius 1 is 1.32 bits per heavy atom. The van der Waals surface area contributed by atoms with Crippen molar-refractivity contribution in [1.82, 2.24) is 14.1 Å². The molecule has 0 aromatic carbocycles. The maximum atomic E-state index is 12.6. The first kappa shape index (κ1) is 14.0. The average Bonchev–Trinajstić information content (AvgIpc) is 3.03. The minimum Gasteiger partial charge on any atom is -0.383 e. The second kappa shape index (κ2) is 4.82. The number of nitrogens with zero attached hydrogens (tertiary/aromatic N) is 4. The summed E-state index contributed by atoms with van der Waals surface area (Å²) in [5.41, 5.74) is 5.61. The zero-order valence-corrected chi connectivity index (χ0v) is 12.6. The van der Waals surface area contributed by atoms with E-state index in [1.165, 1.54) is 30.0 Å². The topological polar surface area (TPSA) is 107 Å². The van der Waals surface area contributed by atoms with Crippen LogP contribution in [0.4, 0.5) is 5.82 Å². The van der Waals surface area contributed by atoms with Crippen molar-refractivity contribution in [3.8, 4) is 16.5 Å². The van der Waals surface area contributed by atoms with Gasteiger partial charge in [-0.25, -0.2) is 9.78 Å². The highest BCUT2D eigenvalue weighted by atomic mass is 32.1. The molecule has 2 N–H and O–H groups in total. The fourth-order valence-electron chi connectivity index (χ4n) is 2.39. The maximum Gasteiger partial charge on any atom is 0.332 e. The van der Waals surface area contributed by atoms with Crippen molar-refractivity contribution in [3.63, 3.8) is 0 Å². The molecule has 7 nitrogen and oxygen atoms in total. The van der Waals surface area contributed by atoms with Gasteiger partial charge in [0.1, 0.15) is 17.5 Å². The zero-order valence-electron chi connectivity index (χ0n) is 11.8. The van der Waals surface area contributed by atoms with Gasteiger partial charge in [-0.3, -0.25) is 13.9 Å². The number of thiophene rings is 1. The Kier molecular flexibility index (Phi) is 3.08. The highest BCUT2D eigenvalue weighted by Crippen LogP contribution is 2.34. The van der Waals surface area contributed by atoms with Crippen molar-refractivity contribution in [2.75, 3.05) is 5.73 Å². The molecule has 0 saturated heterocycles. The Morgan fingerprint density at radius 2 is 2.05 bits per heavy atom. The number of nitrogen functional groups attached to an aromatic ring is 1. The Hall–Kier alpha value is -2.92. The number of fused-ring (bicyclic) bond motifs is 1. The Balaban J connectivity index is 2.71. The van der Waals surface area contributed by atoms with Gasteiger partial charge in [-0.15, -0.1) is 11.3 Å². The van der Waals surface area contributed by atoms with Gasteiger partial charge in [0.2, 0.25) is 0 Å². The fraction of sp³-hybridized carbons (Fsp3) is 0.143. The van der Waals surface area contributed by atoms with E-state index < -0.39 is 11.2 Å². The van der Waals surface area contributed by atoms with Gasteiger partial charge in [-0.2, -0.15) is 5.26 Å². The third-order valence-electron chi connectivity index (χ3n) is 3.50. The van der Waals surface area contributed by atoms with E-state index in [0.717, 1.165) is 9.44 Å². The molecule has 0 saturated carbocycles. The summed E-state index contributed by atoms with van der Waals surface area (Å²) in [6, 6.07) is 5.62. The van der Waals surface area contributed by atoms with Gasteiger partial charge >= 0.3 is 5.69 Å². The monoisotopic (exact) mass is 313 g/mol. The molecule has 0 fully saturated rings. The number of hydrogen-bond acceptors (Lipinski definition) is 6. The SMILES string of the molecule is Cn1c(=O)c2c(-c3cccs3)c(C#N)c(N)nc2n(C)c1=O. The van der Waals surface area contributed by atoms with Gasteiger partial charge in [-0.05, 0) is 11.4 Å². The Bertz CT molecular complexity index is 1050. The minimum atomic E-state index is -0.495. The molecule has 0 atom stereocenters. The molecule has 3 heterocycles. The molecule has 0 spiro atoms. The van der Waals surface area contributed by atoms with Crippen LogP contribution in [0, 0.1) is 11.3 Å². The van der Waals surface area contributed by atoms with Crippen LogP contribution in [0.25, 0.3) is 21.5 Å². The third-order valence-corrected chi connectivity index (χ3v) is 4.38. The number of nitriles is 1. The molecular weight excluding hydrogens is 302 g/mol. The first-order chi connectivity index (χ1) is 10.5. The van der Waals surface area contributed by atoms with E-state index in [1.54, 1.807) is 6.07 Å². The molecule has 0 radical (unpaired) electrons. The van der Waals surface area contributed by atoms with Gasteiger partial charge in [0.05, 0.1) is 5.39 Å². The molecule has 3 rings (SSSR count). The number of nitrogens with two attached hydrogens (primary N) is 1. The van der Waals surface area contributed by atoms with Gasteiger partial charge in [0, 0.05) is 24.5 Å². The van der Waals surface area contributed by atoms with Gasteiger partial charge in [0.25, 0.3) is 5.56 Å². The number of hydrogen-bond donors (Lipinski definition) is 1. The fourth-order valence-corrected chi connectivity index (χ4v) is 3.17. The van der Waals surface area contributed by atoms with E-state index in [-0.39, 0.29) is 22.4 Å². The van der Waals surface area contributed by atoms with Crippen LogP contribution in [0.3, 0.4) is 0 Å². The van der Waals surface area contributed by atoms with E-state index in [2.05, 4.69) is 4.98 Å². The molecule has 110 valence electrons. The van der Waals surface area contributed by atoms with Crippen LogP contribution in [0.15, 0.2) is 27.1 Å². The summed E-state index contributed by atoms with van der Waals surface area (Å²) in [7, 11) is 2.91. The summed E-state index contributed by atoms with van der Waals surface area (Å²) < 4.78 is 2.25. The quantitative estimate of drug-likeness (QED) is 0.715. The van der Waals surface area contributed by atoms with E-state index in [0.29, 0.717) is 5.56 Å². The second-order valence-corrected chi connectivity index (χ2v) is 5.69. The van der Waals surface area contributed by atoms with Gasteiger partial charge in [-0.1, -0.05) is 6.07 Å². The van der Waals surface area contributed by atoms with Crippen LogP contribution in [0.2, 0.25) is 0 Å². The lowest BCUT2D eigenvalue weighted by Gasteiger charge is -2.12. The van der Waals surface area contributed by atoms with Crippen molar-refractivity contribution >= 4 is 28.2 Å². The van der Waals surface area contributed by atoms with Crippen molar-refractivity contribution in [1.29, 1.82) is 5.26 Å². The van der Waals surface area contributed by atoms with E-state index >= 15 is 0 Å². The molecule has 0 aliphatic rings. The van der Waals surface area contributed by atoms with Crippen molar-refractivity contribution in [3.05, 3.63) is 43.9 Å². The summed E-state index contributed by atoms with van der Waals surface area (Å²) in [4.78, 5) is 29.4. The first-order valence-electron chi connectivity index (χ1n) is 6.30. The number of rotatable bonds is 1. The van der Waals surface area contributed by atoms with Crippen LogP contribution in [-0.4, -0.2) is 14.1 Å². The summed E-state index contributed by atoms with van der Waals surface area (Å²) in [6.07, 6.45) is 0. The van der Waals surface area contributed by atoms with Gasteiger partial charge in [0.15, 0.2) is 5.65 Å². The summed E-state index contributed by atoms with van der Waals surface area (Å²) in [6.45, 7) is 0. The molecule has 8 heteroatoms. The molecule has 0 unspecified atom stereocenters. The molecule has 3 aromatic rings. The van der Waals surface area contributed by atoms with E-state index in [4.69, 9.17) is 5.73 Å². The van der Waals surface area contributed by atoms with Crippen molar-refractivity contribution in [2.24, 2.45) is 14.1 Å². The van der Waals surface area contributed by atoms with Gasteiger partial charge < -0.3 is 5.73 Å². The Morgan fingerprint density at radius 3 is 2.64 bits per heavy atom. The van der Waals surface area contributed by atoms with Crippen LogP contribution in [0.1, 0.15) is 5.56 Å². The highest BCUT2D eigenvalue weighted by molar-refractivity contribution is 7.13. The standard InChI is InChI=1S/C14H11N5O2S/c1-18-12-10(13(20)19(2)14(18)21)9(8-4-3-5-22-8)7(6-15)11(16)17-12/h3-5H,1-2H3,(H2,16,17). The molecule has 0 amide bonds. The zero-order chi connectivity index (χ0) is 16.0. The third kappa shape index (κ3) is 1.76. The number of aromatic nitrogens is 3. The van der Waals surface area contributed by atoms with Crippen LogP contribution in [-0.2, 0) is 14.1 Å². The van der Waals surface area contributed by atoms with E-state index in [1.807, 2.05) is 17.5 Å². The lowest BCUT2D eigenvalue weighted by molar-refractivity contribution is 0.708. The summed E-state index contributed by atoms with van der Waals surface area (Å²) in [5, 5.41) is 11.5. The predicted molar refractivity (Wildman–Crippen MR) is 84.7 cm³/mol. The molecule has 3 aromatic heterocycles. The van der Waals surface area contributed by atoms with Crippen molar-refractivity contribution < 1.29 is 0 Å². The van der Waals surface area contributed by atoms with Crippen LogP contribution < -0.4 is 17.0 Å². The average molecular weight is 313 g/mol. The lowest BCUT2D eigenvalue weighted by Crippen LogP contribution is -2.37. The summed E-state index contributed by atoms with van der Waals surface area (Å²) in [5.74, 6) is 0.00153. The molecule has 0 aliphatic heterocycles. The number of anilines is 1. The van der Waals surface area contributed by atoms with Crippen LogP contribution >= 0.6 is 11.3 Å². The van der Waals surface area contributed by atoms with Crippen LogP contribution in [0.5, 0.6) is 0 Å². The number of pyridine rings is 1. The maximum absolute atomic E-state index is 12.6. The highest BCUT2D eigenvalue weighted by Gasteiger charge is 2.21. The molecule has 0 aliphatic carbocycles. The summed E-state index contributed by atoms with van der Waals surface area (Å²) >= 11 is 1.38. The minimum absolute atomic E-state index is 0.00153. The first-order valence-corrected chi connectivity index (χ1v) is 7.18. The largest absolute Gasteiger partial charge is 0.383 e. The number of aryl methyl sites for hydroxylation is 1. The molecule has 0 bridgehead atoms. The lowest BCUT2D eigenvalue weighted by atomic mass is 10.0. The molecular formula is C14H11N5O2S. The van der Waals surface area contributed by atoms with Crippen molar-refractivity contribution in [2.45, 2.75) is 0 Å². The second-order valence-electron chi connectivity index (χ2n) is 4.74. The molecule has 22 heavy (non-hydrogen) atoms. The normalized spacial score (nSPS) is 10.8. The Labute approximate surface area is 128 Å².